The van der Waals surface area contributed by atoms with E-state index in [1.807, 2.05) is 6.92 Å². The van der Waals surface area contributed by atoms with E-state index in [1.54, 1.807) is 12.1 Å². The Morgan fingerprint density at radius 1 is 1.27 bits per heavy atom. The number of alkyl halides is 1. The molecule has 1 aromatic carbocycles. The molecule has 4 N–H and O–H groups in total. The van der Waals surface area contributed by atoms with Crippen LogP contribution in [0.15, 0.2) is 29.2 Å². The molecule has 11 heteroatoms. The van der Waals surface area contributed by atoms with Crippen LogP contribution in [-0.2, 0) is 21.2 Å². The Hall–Kier alpha value is -1.75. The summed E-state index contributed by atoms with van der Waals surface area (Å²) in [6, 6.07) is 6.38. The van der Waals surface area contributed by atoms with Gasteiger partial charge >= 0.3 is 0 Å². The lowest BCUT2D eigenvalue weighted by molar-refractivity contribution is -0.116. The van der Waals surface area contributed by atoms with E-state index < -0.39 is 10.0 Å². The molecule has 0 aliphatic carbocycles. The van der Waals surface area contributed by atoms with E-state index in [1.165, 1.54) is 23.5 Å². The van der Waals surface area contributed by atoms with Gasteiger partial charge in [-0.25, -0.2) is 13.6 Å². The summed E-state index contributed by atoms with van der Waals surface area (Å²) >= 11 is 7.06. The topological polar surface area (TPSA) is 127 Å². The van der Waals surface area contributed by atoms with Gasteiger partial charge in [-0.3, -0.25) is 4.79 Å². The van der Waals surface area contributed by atoms with Crippen LogP contribution in [0.3, 0.4) is 0 Å². The molecule has 1 amide bonds. The number of halogens is 1. The average molecular weight is 418 g/mol. The second-order valence-corrected chi connectivity index (χ2v) is 8.93. The maximum absolute atomic E-state index is 11.7. The summed E-state index contributed by atoms with van der Waals surface area (Å²) in [5, 5.41) is 19.7. The summed E-state index contributed by atoms with van der Waals surface area (Å²) in [6.07, 6.45) is 1.60. The number of carbonyl (C=O) groups is 1. The number of carbonyl (C=O) groups excluding carboxylic acids is 1. The van der Waals surface area contributed by atoms with Gasteiger partial charge in [0.05, 0.1) is 4.90 Å². The normalized spacial score (nSPS) is 12.6. The van der Waals surface area contributed by atoms with Crippen molar-refractivity contribution >= 4 is 49.1 Å². The predicted molar refractivity (Wildman–Crippen MR) is 103 cm³/mol. The fourth-order valence-corrected chi connectivity index (χ4v) is 3.33. The minimum absolute atomic E-state index is 0.0496. The zero-order valence-electron chi connectivity index (χ0n) is 14.1. The van der Waals surface area contributed by atoms with Crippen molar-refractivity contribution in [3.05, 3.63) is 29.8 Å². The van der Waals surface area contributed by atoms with Crippen LogP contribution in [-0.4, -0.2) is 36.4 Å². The van der Waals surface area contributed by atoms with E-state index in [4.69, 9.17) is 16.7 Å². The summed E-state index contributed by atoms with van der Waals surface area (Å²) in [4.78, 5) is 11.8. The highest BCUT2D eigenvalue weighted by Gasteiger charge is 2.10. The molecular formula is C15H20ClN5O3S2. The number of primary sulfonamides is 1. The molecule has 0 fully saturated rings. The van der Waals surface area contributed by atoms with Crippen LogP contribution >= 0.6 is 22.9 Å². The fraction of sp³-hybridized carbons (Fsp3) is 0.400. The molecule has 26 heavy (non-hydrogen) atoms. The molecule has 2 rings (SSSR count). The van der Waals surface area contributed by atoms with Gasteiger partial charge in [-0.15, -0.1) is 21.8 Å². The smallest absolute Gasteiger partial charge is 0.238 e. The first-order valence-corrected chi connectivity index (χ1v) is 10.7. The van der Waals surface area contributed by atoms with E-state index in [-0.39, 0.29) is 16.2 Å². The first-order valence-electron chi connectivity index (χ1n) is 7.87. The molecule has 1 atom stereocenters. The van der Waals surface area contributed by atoms with Crippen LogP contribution in [0.2, 0.25) is 0 Å². The lowest BCUT2D eigenvalue weighted by Crippen LogP contribution is -2.12. The quantitative estimate of drug-likeness (QED) is 0.536. The van der Waals surface area contributed by atoms with Gasteiger partial charge in [0.25, 0.3) is 0 Å². The largest absolute Gasteiger partial charge is 0.360 e. The molecule has 0 radical (unpaired) electrons. The van der Waals surface area contributed by atoms with Gasteiger partial charge in [0.2, 0.25) is 26.2 Å². The summed E-state index contributed by atoms with van der Waals surface area (Å²) in [6.45, 7) is 2.42. The number of benzene rings is 1. The summed E-state index contributed by atoms with van der Waals surface area (Å²) in [5.41, 5.74) is 0.957. The van der Waals surface area contributed by atoms with Gasteiger partial charge in [-0.2, -0.15) is 0 Å². The summed E-state index contributed by atoms with van der Waals surface area (Å²) < 4.78 is 22.4. The Kier molecular flexibility index (Phi) is 7.33. The Bertz CT molecular complexity index is 837. The molecule has 1 heterocycles. The average Bonchev–Trinajstić information content (AvgIpc) is 3.00. The van der Waals surface area contributed by atoms with Gasteiger partial charge < -0.3 is 10.6 Å². The zero-order chi connectivity index (χ0) is 19.2. The Morgan fingerprint density at radius 2 is 1.92 bits per heavy atom. The van der Waals surface area contributed by atoms with Gasteiger partial charge in [0, 0.05) is 18.3 Å². The predicted octanol–water partition coefficient (Wildman–Crippen LogP) is 2.19. The van der Waals surface area contributed by atoms with Crippen LogP contribution in [0.1, 0.15) is 25.3 Å². The van der Waals surface area contributed by atoms with Crippen LogP contribution < -0.4 is 15.8 Å². The molecule has 142 valence electrons. The molecule has 0 spiro atoms. The highest BCUT2D eigenvalue weighted by molar-refractivity contribution is 7.89. The first kappa shape index (κ1) is 20.6. The molecule has 1 unspecified atom stereocenters. The van der Waals surface area contributed by atoms with Gasteiger partial charge in [0.1, 0.15) is 0 Å². The summed E-state index contributed by atoms with van der Waals surface area (Å²) in [7, 11) is -3.67. The van der Waals surface area contributed by atoms with Crippen molar-refractivity contribution in [3.8, 4) is 0 Å². The molecular weight excluding hydrogens is 398 g/mol. The molecule has 2 aromatic rings. The maximum atomic E-state index is 11.7. The van der Waals surface area contributed by atoms with Gasteiger partial charge in [-0.1, -0.05) is 23.5 Å². The minimum Gasteiger partial charge on any atom is -0.360 e. The van der Waals surface area contributed by atoms with Crippen molar-refractivity contribution in [2.45, 2.75) is 36.5 Å². The Morgan fingerprint density at radius 3 is 2.54 bits per heavy atom. The number of hydrogen-bond donors (Lipinski definition) is 3. The fourth-order valence-electron chi connectivity index (χ4n) is 2.02. The number of nitrogens with two attached hydrogens (primary N) is 1. The minimum atomic E-state index is -3.67. The van der Waals surface area contributed by atoms with E-state index in [0.29, 0.717) is 36.1 Å². The van der Waals surface area contributed by atoms with E-state index >= 15 is 0 Å². The third-order valence-electron chi connectivity index (χ3n) is 3.38. The highest BCUT2D eigenvalue weighted by Crippen LogP contribution is 2.20. The standard InChI is InChI=1S/C15H20ClN5O3S2/c1-10(16)2-7-13(22)19-15-21-20-14(25-15)18-9-8-11-3-5-12(6-4-11)26(17,23)24/h3-6,10H,2,7-9H2,1H3,(H,18,20)(H2,17,23,24)(H,19,21,22). The molecule has 0 bridgehead atoms. The number of amides is 1. The number of rotatable bonds is 9. The SMILES string of the molecule is CC(Cl)CCC(=O)Nc1nnc(NCCc2ccc(S(N)(=O)=O)cc2)s1. The van der Waals surface area contributed by atoms with Crippen molar-refractivity contribution in [1.29, 1.82) is 0 Å². The lowest BCUT2D eigenvalue weighted by atomic mass is 10.1. The van der Waals surface area contributed by atoms with Crippen molar-refractivity contribution in [2.24, 2.45) is 5.14 Å². The maximum Gasteiger partial charge on any atom is 0.238 e. The van der Waals surface area contributed by atoms with Crippen LogP contribution in [0.25, 0.3) is 0 Å². The number of sulfonamides is 1. The second kappa shape index (κ2) is 9.26. The first-order chi connectivity index (χ1) is 12.2. The molecule has 0 saturated carbocycles. The summed E-state index contributed by atoms with van der Waals surface area (Å²) in [5.74, 6) is -0.143. The Labute approximate surface area is 161 Å². The highest BCUT2D eigenvalue weighted by atomic mass is 35.5. The van der Waals surface area contributed by atoms with Crippen LogP contribution in [0, 0.1) is 0 Å². The third-order valence-corrected chi connectivity index (χ3v) is 5.33. The molecule has 8 nitrogen and oxygen atoms in total. The number of nitrogens with one attached hydrogen (secondary N) is 2. The van der Waals surface area contributed by atoms with Crippen molar-refractivity contribution in [1.82, 2.24) is 10.2 Å². The van der Waals surface area contributed by atoms with Crippen molar-refractivity contribution in [3.63, 3.8) is 0 Å². The van der Waals surface area contributed by atoms with Crippen molar-refractivity contribution < 1.29 is 13.2 Å². The second-order valence-electron chi connectivity index (χ2n) is 5.65. The Balaban J connectivity index is 1.78. The van der Waals surface area contributed by atoms with Gasteiger partial charge in [-0.05, 0) is 37.5 Å². The number of aromatic nitrogens is 2. The van der Waals surface area contributed by atoms with E-state index in [0.717, 1.165) is 5.56 Å². The number of hydrogen-bond acceptors (Lipinski definition) is 7. The van der Waals surface area contributed by atoms with E-state index in [2.05, 4.69) is 20.8 Å². The third kappa shape index (κ3) is 6.87. The monoisotopic (exact) mass is 417 g/mol. The van der Waals surface area contributed by atoms with Crippen LogP contribution in [0.5, 0.6) is 0 Å². The molecule has 0 saturated heterocycles. The molecule has 1 aromatic heterocycles. The van der Waals surface area contributed by atoms with Crippen LogP contribution in [0.4, 0.5) is 10.3 Å². The molecule has 0 aliphatic heterocycles. The van der Waals surface area contributed by atoms with Gasteiger partial charge in [0.15, 0.2) is 0 Å². The molecule has 0 aliphatic rings. The van der Waals surface area contributed by atoms with E-state index in [9.17, 15) is 13.2 Å². The number of nitrogens with zero attached hydrogens (tertiary/aromatic N) is 2. The number of anilines is 2. The lowest BCUT2D eigenvalue weighted by Gasteiger charge is -2.04. The van der Waals surface area contributed by atoms with Crippen molar-refractivity contribution in [2.75, 3.05) is 17.2 Å². The zero-order valence-corrected chi connectivity index (χ0v) is 16.5.